The number of halogens is 1. The van der Waals surface area contributed by atoms with Gasteiger partial charge in [-0.3, -0.25) is 4.79 Å². The molecule has 1 heterocycles. The summed E-state index contributed by atoms with van der Waals surface area (Å²) in [5.74, 6) is 0.898. The molecule has 1 amide bonds. The summed E-state index contributed by atoms with van der Waals surface area (Å²) >= 11 is 3.43. The van der Waals surface area contributed by atoms with Gasteiger partial charge < -0.3 is 14.8 Å². The lowest BCUT2D eigenvalue weighted by atomic mass is 10.1. The Kier molecular flexibility index (Phi) is 5.75. The number of rotatable bonds is 6. The first-order valence-electron chi connectivity index (χ1n) is 8.21. The molecule has 0 unspecified atom stereocenters. The number of hydrogen-bond donors (Lipinski definition) is 1. The van der Waals surface area contributed by atoms with Crippen LogP contribution in [0.2, 0.25) is 0 Å². The normalized spacial score (nSPS) is 10.5. The fourth-order valence-electron chi connectivity index (χ4n) is 2.74. The van der Waals surface area contributed by atoms with Crippen molar-refractivity contribution < 1.29 is 14.3 Å². The van der Waals surface area contributed by atoms with Crippen LogP contribution in [0.4, 0.5) is 0 Å². The van der Waals surface area contributed by atoms with Crippen molar-refractivity contribution in [1.29, 1.82) is 0 Å². The van der Waals surface area contributed by atoms with Crippen molar-refractivity contribution >= 4 is 21.8 Å². The van der Waals surface area contributed by atoms with Crippen LogP contribution in [0, 0.1) is 6.92 Å². The summed E-state index contributed by atoms with van der Waals surface area (Å²) in [4.78, 5) is 12.6. The van der Waals surface area contributed by atoms with Gasteiger partial charge in [0.15, 0.2) is 17.2 Å². The number of hydrogen-bond acceptors (Lipinski definition) is 5. The van der Waals surface area contributed by atoms with Crippen LogP contribution in [0.5, 0.6) is 11.5 Å². The molecular formula is C19H19BrN4O3. The van der Waals surface area contributed by atoms with Crippen LogP contribution in [-0.2, 0) is 6.54 Å². The van der Waals surface area contributed by atoms with Gasteiger partial charge in [0, 0.05) is 16.6 Å². The number of nitrogens with one attached hydrogen (secondary N) is 1. The minimum absolute atomic E-state index is 0.275. The Morgan fingerprint density at radius 1 is 1.19 bits per heavy atom. The molecule has 0 aliphatic carbocycles. The van der Waals surface area contributed by atoms with Crippen LogP contribution in [0.3, 0.4) is 0 Å². The zero-order valence-electron chi connectivity index (χ0n) is 15.2. The number of amides is 1. The lowest BCUT2D eigenvalue weighted by molar-refractivity contribution is 0.0945. The SMILES string of the molecule is COc1cccc(CNC(=O)c2nnn(-c3cccc(Br)c3)c2C)c1OC. The van der Waals surface area contributed by atoms with E-state index in [9.17, 15) is 4.79 Å². The Labute approximate surface area is 165 Å². The van der Waals surface area contributed by atoms with Gasteiger partial charge in [-0.2, -0.15) is 0 Å². The van der Waals surface area contributed by atoms with Gasteiger partial charge in [0.2, 0.25) is 0 Å². The topological polar surface area (TPSA) is 78.3 Å². The largest absolute Gasteiger partial charge is 0.493 e. The van der Waals surface area contributed by atoms with Crippen LogP contribution in [0.15, 0.2) is 46.9 Å². The number of benzene rings is 2. The number of methoxy groups -OCH3 is 2. The van der Waals surface area contributed by atoms with E-state index in [1.54, 1.807) is 25.0 Å². The highest BCUT2D eigenvalue weighted by molar-refractivity contribution is 9.10. The average molecular weight is 431 g/mol. The maximum Gasteiger partial charge on any atom is 0.274 e. The van der Waals surface area contributed by atoms with Crippen LogP contribution in [0.25, 0.3) is 5.69 Å². The molecule has 0 saturated carbocycles. The van der Waals surface area contributed by atoms with Gasteiger partial charge >= 0.3 is 0 Å². The summed E-state index contributed by atoms with van der Waals surface area (Å²) in [6.45, 7) is 2.09. The van der Waals surface area contributed by atoms with Crippen molar-refractivity contribution in [3.8, 4) is 17.2 Å². The smallest absolute Gasteiger partial charge is 0.274 e. The predicted molar refractivity (Wildman–Crippen MR) is 105 cm³/mol. The highest BCUT2D eigenvalue weighted by Crippen LogP contribution is 2.30. The van der Waals surface area contributed by atoms with E-state index in [1.165, 1.54) is 0 Å². The molecule has 3 aromatic rings. The van der Waals surface area contributed by atoms with Crippen molar-refractivity contribution in [3.63, 3.8) is 0 Å². The minimum atomic E-state index is -0.307. The van der Waals surface area contributed by atoms with Crippen LogP contribution >= 0.6 is 15.9 Å². The van der Waals surface area contributed by atoms with E-state index >= 15 is 0 Å². The fourth-order valence-corrected chi connectivity index (χ4v) is 3.13. The third-order valence-corrected chi connectivity index (χ3v) is 4.58. The number of para-hydroxylation sites is 1. The van der Waals surface area contributed by atoms with Crippen LogP contribution in [0.1, 0.15) is 21.7 Å². The third-order valence-electron chi connectivity index (χ3n) is 4.09. The van der Waals surface area contributed by atoms with E-state index in [4.69, 9.17) is 9.47 Å². The standard InChI is InChI=1S/C19H19BrN4O3/c1-12-17(22-23-24(12)15-8-5-7-14(20)10-15)19(25)21-11-13-6-4-9-16(26-2)18(13)27-3/h4-10H,11H2,1-3H3,(H,21,25). The molecule has 7 nitrogen and oxygen atoms in total. The Bertz CT molecular complexity index is 971. The third kappa shape index (κ3) is 3.95. The Hall–Kier alpha value is -2.87. The minimum Gasteiger partial charge on any atom is -0.493 e. The second kappa shape index (κ2) is 8.22. The Balaban J connectivity index is 1.78. The number of nitrogens with zero attached hydrogens (tertiary/aromatic N) is 3. The quantitative estimate of drug-likeness (QED) is 0.648. The predicted octanol–water partition coefficient (Wildman–Crippen LogP) is 3.29. The molecule has 1 N–H and O–H groups in total. The lowest BCUT2D eigenvalue weighted by Crippen LogP contribution is -2.24. The van der Waals surface area contributed by atoms with Gasteiger partial charge in [-0.15, -0.1) is 5.10 Å². The first-order chi connectivity index (χ1) is 13.0. The zero-order valence-corrected chi connectivity index (χ0v) is 16.8. The molecule has 8 heteroatoms. The maximum absolute atomic E-state index is 12.6. The number of aromatic nitrogens is 3. The Morgan fingerprint density at radius 2 is 1.96 bits per heavy atom. The molecule has 0 aliphatic rings. The molecule has 2 aromatic carbocycles. The lowest BCUT2D eigenvalue weighted by Gasteiger charge is -2.12. The average Bonchev–Trinajstić information content (AvgIpc) is 3.07. The molecule has 1 aromatic heterocycles. The van der Waals surface area contributed by atoms with E-state index in [0.717, 1.165) is 15.7 Å². The summed E-state index contributed by atoms with van der Waals surface area (Å²) in [5.41, 5.74) is 2.56. The molecule has 0 spiro atoms. The molecular weight excluding hydrogens is 412 g/mol. The van der Waals surface area contributed by atoms with Crippen molar-refractivity contribution in [2.24, 2.45) is 0 Å². The highest BCUT2D eigenvalue weighted by atomic mass is 79.9. The first kappa shape index (κ1) is 18.9. The summed E-state index contributed by atoms with van der Waals surface area (Å²) in [7, 11) is 3.14. The molecule has 0 fully saturated rings. The summed E-state index contributed by atoms with van der Waals surface area (Å²) in [5, 5.41) is 11.0. The number of carbonyl (C=O) groups excluding carboxylic acids is 1. The summed E-state index contributed by atoms with van der Waals surface area (Å²) in [6, 6.07) is 13.1. The van der Waals surface area contributed by atoms with Gasteiger partial charge in [0.25, 0.3) is 5.91 Å². The first-order valence-corrected chi connectivity index (χ1v) is 9.00. The summed E-state index contributed by atoms with van der Waals surface area (Å²) in [6.07, 6.45) is 0. The molecule has 0 saturated heterocycles. The highest BCUT2D eigenvalue weighted by Gasteiger charge is 2.18. The van der Waals surface area contributed by atoms with Crippen LogP contribution < -0.4 is 14.8 Å². The maximum atomic E-state index is 12.6. The molecule has 0 bridgehead atoms. The molecule has 0 aliphatic heterocycles. The van der Waals surface area contributed by atoms with Gasteiger partial charge in [-0.05, 0) is 31.2 Å². The molecule has 0 atom stereocenters. The van der Waals surface area contributed by atoms with Crippen LogP contribution in [-0.4, -0.2) is 35.1 Å². The van der Waals surface area contributed by atoms with Gasteiger partial charge in [-0.25, -0.2) is 4.68 Å². The number of ether oxygens (including phenoxy) is 2. The van der Waals surface area contributed by atoms with Gasteiger partial charge in [0.1, 0.15) is 0 Å². The molecule has 140 valence electrons. The monoisotopic (exact) mass is 430 g/mol. The van der Waals surface area contributed by atoms with Crippen molar-refractivity contribution in [1.82, 2.24) is 20.3 Å². The van der Waals surface area contributed by atoms with E-state index < -0.39 is 0 Å². The molecule has 0 radical (unpaired) electrons. The fraction of sp³-hybridized carbons (Fsp3) is 0.211. The molecule has 27 heavy (non-hydrogen) atoms. The Morgan fingerprint density at radius 3 is 2.67 bits per heavy atom. The van der Waals surface area contributed by atoms with Gasteiger partial charge in [-0.1, -0.05) is 39.3 Å². The van der Waals surface area contributed by atoms with Crippen molar-refractivity contribution in [2.75, 3.05) is 14.2 Å². The van der Waals surface area contributed by atoms with E-state index in [0.29, 0.717) is 17.2 Å². The van der Waals surface area contributed by atoms with E-state index in [1.807, 2.05) is 43.3 Å². The van der Waals surface area contributed by atoms with Gasteiger partial charge in [0.05, 0.1) is 25.6 Å². The second-order valence-corrected chi connectivity index (χ2v) is 6.67. The van der Waals surface area contributed by atoms with E-state index in [-0.39, 0.29) is 18.1 Å². The summed E-state index contributed by atoms with van der Waals surface area (Å²) < 4.78 is 13.2. The van der Waals surface area contributed by atoms with E-state index in [2.05, 4.69) is 31.6 Å². The van der Waals surface area contributed by atoms with Crippen molar-refractivity contribution in [3.05, 3.63) is 63.9 Å². The zero-order chi connectivity index (χ0) is 19.4. The second-order valence-electron chi connectivity index (χ2n) is 5.75. The molecule has 3 rings (SSSR count). The van der Waals surface area contributed by atoms with Crippen molar-refractivity contribution in [2.45, 2.75) is 13.5 Å². The number of carbonyl (C=O) groups is 1.